The van der Waals surface area contributed by atoms with Gasteiger partial charge in [-0.1, -0.05) is 0 Å². The average molecular weight is 212 g/mol. The van der Waals surface area contributed by atoms with E-state index in [4.69, 9.17) is 16.9 Å². The van der Waals surface area contributed by atoms with Crippen molar-refractivity contribution in [2.45, 2.75) is 32.7 Å². The maximum absolute atomic E-state index is 8.85. The number of aromatic nitrogens is 2. The van der Waals surface area contributed by atoms with Crippen LogP contribution in [-0.4, -0.2) is 9.55 Å². The maximum atomic E-state index is 8.85. The van der Waals surface area contributed by atoms with Crippen LogP contribution >= 0.6 is 11.6 Å². The third-order valence-electron chi connectivity index (χ3n) is 2.20. The highest BCUT2D eigenvalue weighted by Gasteiger charge is 2.16. The number of alkyl halides is 1. The van der Waals surface area contributed by atoms with Gasteiger partial charge in [0.25, 0.3) is 0 Å². The number of hydrogen-bond acceptors (Lipinski definition) is 2. The lowest BCUT2D eigenvalue weighted by Crippen LogP contribution is -2.13. The number of nitrogens with zero attached hydrogens (tertiary/aromatic N) is 3. The summed E-state index contributed by atoms with van der Waals surface area (Å²) in [5, 5.41) is 8.85. The van der Waals surface area contributed by atoms with Crippen LogP contribution in [-0.2, 0) is 12.4 Å². The van der Waals surface area contributed by atoms with Crippen LogP contribution in [0.1, 0.15) is 26.1 Å². The van der Waals surface area contributed by atoms with Gasteiger partial charge in [0.1, 0.15) is 5.82 Å². The number of hydrogen-bond donors (Lipinski definition) is 0. The molecule has 0 aliphatic rings. The van der Waals surface area contributed by atoms with Crippen LogP contribution in [0.25, 0.3) is 0 Å². The van der Waals surface area contributed by atoms with Crippen molar-refractivity contribution in [1.82, 2.24) is 9.55 Å². The zero-order chi connectivity index (χ0) is 10.6. The predicted octanol–water partition coefficient (Wildman–Crippen LogP) is 2.56. The molecule has 1 rings (SSSR count). The molecule has 0 aromatic carbocycles. The summed E-state index contributed by atoms with van der Waals surface area (Å²) >= 11 is 5.71. The molecule has 0 atom stereocenters. The lowest BCUT2D eigenvalue weighted by atomic mass is 9.91. The molecule has 3 nitrogen and oxygen atoms in total. The number of aryl methyl sites for hydroxylation is 1. The van der Waals surface area contributed by atoms with Crippen LogP contribution in [0.3, 0.4) is 0 Å². The van der Waals surface area contributed by atoms with Gasteiger partial charge in [-0.3, -0.25) is 0 Å². The first-order valence-corrected chi connectivity index (χ1v) is 5.10. The molecular weight excluding hydrogens is 198 g/mol. The summed E-state index contributed by atoms with van der Waals surface area (Å²) in [7, 11) is 0. The Morgan fingerprint density at radius 2 is 2.36 bits per heavy atom. The van der Waals surface area contributed by atoms with E-state index in [9.17, 15) is 0 Å². The Bertz CT molecular complexity index is 335. The molecule has 0 unspecified atom stereocenters. The minimum absolute atomic E-state index is 0.284. The molecule has 14 heavy (non-hydrogen) atoms. The molecule has 1 aromatic rings. The quantitative estimate of drug-likeness (QED) is 0.719. The van der Waals surface area contributed by atoms with Gasteiger partial charge in [-0.2, -0.15) is 5.26 Å². The van der Waals surface area contributed by atoms with Crippen molar-refractivity contribution in [1.29, 1.82) is 5.26 Å². The van der Waals surface area contributed by atoms with Crippen LogP contribution in [0.15, 0.2) is 12.4 Å². The van der Waals surface area contributed by atoms with E-state index in [-0.39, 0.29) is 5.41 Å². The van der Waals surface area contributed by atoms with Gasteiger partial charge in [0, 0.05) is 18.9 Å². The van der Waals surface area contributed by atoms with E-state index in [0.29, 0.717) is 5.88 Å². The molecule has 0 bridgehead atoms. The highest BCUT2D eigenvalue weighted by molar-refractivity contribution is 6.16. The predicted molar refractivity (Wildman–Crippen MR) is 55.8 cm³/mol. The summed E-state index contributed by atoms with van der Waals surface area (Å²) < 4.78 is 1.99. The molecule has 0 aliphatic carbocycles. The van der Waals surface area contributed by atoms with Crippen molar-refractivity contribution in [2.75, 3.05) is 0 Å². The number of imidazole rings is 1. The molecule has 76 valence electrons. The normalized spacial score (nSPS) is 11.3. The van der Waals surface area contributed by atoms with Crippen LogP contribution in [0.5, 0.6) is 0 Å². The van der Waals surface area contributed by atoms with E-state index in [1.807, 2.05) is 24.6 Å². The second kappa shape index (κ2) is 4.47. The molecule has 0 fully saturated rings. The summed E-state index contributed by atoms with van der Waals surface area (Å²) in [5.41, 5.74) is -0.284. The van der Waals surface area contributed by atoms with Crippen molar-refractivity contribution in [3.63, 3.8) is 0 Å². The third-order valence-corrected chi connectivity index (χ3v) is 2.44. The molecular formula is C10H14ClN3. The van der Waals surface area contributed by atoms with Crippen molar-refractivity contribution in [2.24, 2.45) is 5.41 Å². The monoisotopic (exact) mass is 211 g/mol. The first-order valence-electron chi connectivity index (χ1n) is 4.56. The van der Waals surface area contributed by atoms with E-state index in [2.05, 4.69) is 11.1 Å². The molecule has 0 saturated heterocycles. The van der Waals surface area contributed by atoms with Crippen molar-refractivity contribution in [3.8, 4) is 6.07 Å². The first kappa shape index (κ1) is 11.1. The van der Waals surface area contributed by atoms with Gasteiger partial charge >= 0.3 is 0 Å². The molecule has 0 radical (unpaired) electrons. The van der Waals surface area contributed by atoms with Crippen molar-refractivity contribution in [3.05, 3.63) is 18.2 Å². The smallest absolute Gasteiger partial charge is 0.123 e. The van der Waals surface area contributed by atoms with Gasteiger partial charge in [0.05, 0.1) is 17.4 Å². The number of rotatable bonds is 4. The second-order valence-electron chi connectivity index (χ2n) is 3.92. The van der Waals surface area contributed by atoms with E-state index in [1.165, 1.54) is 0 Å². The highest BCUT2D eigenvalue weighted by atomic mass is 35.5. The van der Waals surface area contributed by atoms with Crippen molar-refractivity contribution >= 4 is 11.6 Å². The van der Waals surface area contributed by atoms with E-state index in [1.54, 1.807) is 6.20 Å². The first-order chi connectivity index (χ1) is 6.59. The van der Waals surface area contributed by atoms with Crippen LogP contribution < -0.4 is 0 Å². The highest BCUT2D eigenvalue weighted by Crippen LogP contribution is 2.19. The molecule has 1 aromatic heterocycles. The Balaban J connectivity index is 2.59. The van der Waals surface area contributed by atoms with E-state index in [0.717, 1.165) is 18.8 Å². The van der Waals surface area contributed by atoms with Gasteiger partial charge in [-0.05, 0) is 20.3 Å². The molecule has 0 spiro atoms. The summed E-state index contributed by atoms with van der Waals surface area (Å²) in [6.45, 7) is 4.66. The fraction of sp³-hybridized carbons (Fsp3) is 0.600. The topological polar surface area (TPSA) is 41.6 Å². The van der Waals surface area contributed by atoms with Gasteiger partial charge in [-0.25, -0.2) is 4.98 Å². The zero-order valence-corrected chi connectivity index (χ0v) is 9.25. The van der Waals surface area contributed by atoms with E-state index < -0.39 is 0 Å². The summed E-state index contributed by atoms with van der Waals surface area (Å²) in [6, 6.07) is 2.27. The Hall–Kier alpha value is -1.01. The Kier molecular flexibility index (Phi) is 3.54. The van der Waals surface area contributed by atoms with Crippen molar-refractivity contribution < 1.29 is 0 Å². The summed E-state index contributed by atoms with van der Waals surface area (Å²) in [5.74, 6) is 1.28. The Morgan fingerprint density at radius 1 is 1.64 bits per heavy atom. The minimum Gasteiger partial charge on any atom is -0.334 e. The van der Waals surface area contributed by atoms with Gasteiger partial charge in [0.2, 0.25) is 0 Å². The standard InChI is InChI=1S/C10H14ClN3/c1-10(2,8-12)3-5-14-6-4-13-9(14)7-11/h4,6H,3,5,7H2,1-2H3. The van der Waals surface area contributed by atoms with Crippen LogP contribution in [0, 0.1) is 16.7 Å². The molecule has 0 saturated carbocycles. The maximum Gasteiger partial charge on any atom is 0.123 e. The number of halogens is 1. The summed E-state index contributed by atoms with van der Waals surface area (Å²) in [4.78, 5) is 4.11. The number of nitriles is 1. The zero-order valence-electron chi connectivity index (χ0n) is 8.50. The molecule has 0 aliphatic heterocycles. The average Bonchev–Trinajstić information content (AvgIpc) is 2.62. The van der Waals surface area contributed by atoms with Gasteiger partial charge in [-0.15, -0.1) is 11.6 Å². The Labute approximate surface area is 89.3 Å². The fourth-order valence-corrected chi connectivity index (χ4v) is 1.35. The minimum atomic E-state index is -0.284. The lowest BCUT2D eigenvalue weighted by Gasteiger charge is -2.15. The van der Waals surface area contributed by atoms with Crippen LogP contribution in [0.4, 0.5) is 0 Å². The Morgan fingerprint density at radius 3 is 2.93 bits per heavy atom. The lowest BCUT2D eigenvalue weighted by molar-refractivity contribution is 0.410. The molecule has 1 heterocycles. The van der Waals surface area contributed by atoms with E-state index >= 15 is 0 Å². The van der Waals surface area contributed by atoms with Gasteiger partial charge < -0.3 is 4.57 Å². The molecule has 4 heteroatoms. The third kappa shape index (κ3) is 2.74. The summed E-state index contributed by atoms with van der Waals surface area (Å²) in [6.07, 6.45) is 4.44. The largest absolute Gasteiger partial charge is 0.334 e. The van der Waals surface area contributed by atoms with Crippen LogP contribution in [0.2, 0.25) is 0 Å². The second-order valence-corrected chi connectivity index (χ2v) is 4.18. The molecule has 0 N–H and O–H groups in total. The SMILES string of the molecule is CC(C)(C#N)CCn1ccnc1CCl. The van der Waals surface area contributed by atoms with Gasteiger partial charge in [0.15, 0.2) is 0 Å². The fourth-order valence-electron chi connectivity index (χ4n) is 1.13. The molecule has 0 amide bonds.